The van der Waals surface area contributed by atoms with E-state index in [9.17, 15) is 4.39 Å². The second-order valence-corrected chi connectivity index (χ2v) is 8.71. The van der Waals surface area contributed by atoms with E-state index in [0.717, 1.165) is 51.3 Å². The molecule has 2 aliphatic rings. The molecule has 0 spiro atoms. The second kappa shape index (κ2) is 8.97. The highest BCUT2D eigenvalue weighted by molar-refractivity contribution is 7.11. The van der Waals surface area contributed by atoms with Crippen LogP contribution < -0.4 is 5.32 Å². The average Bonchev–Trinajstić information content (AvgIpc) is 3.03. The van der Waals surface area contributed by atoms with Crippen molar-refractivity contribution < 1.29 is 4.39 Å². The third kappa shape index (κ3) is 4.69. The average molecular weight is 411 g/mol. The van der Waals surface area contributed by atoms with E-state index >= 15 is 0 Å². The fourth-order valence-corrected chi connectivity index (χ4v) is 5.10. The Bertz CT molecular complexity index is 766. The van der Waals surface area contributed by atoms with E-state index in [1.54, 1.807) is 12.1 Å². The fraction of sp³-hybridized carbons (Fsp3) is 0.550. The number of nitrogens with one attached hydrogen (secondary N) is 1. The van der Waals surface area contributed by atoms with Gasteiger partial charge in [0.2, 0.25) is 0 Å². The zero-order chi connectivity index (χ0) is 18.1. The summed E-state index contributed by atoms with van der Waals surface area (Å²) in [4.78, 5) is 11.3. The molecule has 1 fully saturated rings. The van der Waals surface area contributed by atoms with Gasteiger partial charge in [-0.2, -0.15) is 0 Å². The van der Waals surface area contributed by atoms with Crippen LogP contribution in [0.25, 0.3) is 0 Å². The Morgan fingerprint density at radius 1 is 1.33 bits per heavy atom. The third-order valence-electron chi connectivity index (χ3n) is 5.46. The molecule has 2 aromatic rings. The van der Waals surface area contributed by atoms with Gasteiger partial charge in [0.05, 0.1) is 12.2 Å². The van der Waals surface area contributed by atoms with Gasteiger partial charge in [0.15, 0.2) is 0 Å². The number of benzene rings is 1. The molecule has 7 heteroatoms. The SMILES string of the molecule is CC(C)N1CCc2nc(CN3CCNCC3c3cccc(F)c3)sc2C1.Cl. The number of hydrogen-bond acceptors (Lipinski definition) is 5. The third-order valence-corrected chi connectivity index (χ3v) is 6.53. The highest BCUT2D eigenvalue weighted by atomic mass is 35.5. The first-order valence-corrected chi connectivity index (χ1v) is 10.3. The number of hydrogen-bond donors (Lipinski definition) is 1. The molecule has 2 aliphatic heterocycles. The van der Waals surface area contributed by atoms with Crippen LogP contribution >= 0.6 is 23.7 Å². The van der Waals surface area contributed by atoms with Gasteiger partial charge in [0.25, 0.3) is 0 Å². The number of fused-ring (bicyclic) bond motifs is 1. The van der Waals surface area contributed by atoms with Crippen molar-refractivity contribution in [1.29, 1.82) is 0 Å². The zero-order valence-corrected chi connectivity index (χ0v) is 17.6. The first-order valence-electron chi connectivity index (χ1n) is 9.52. The Hall–Kier alpha value is -1.05. The summed E-state index contributed by atoms with van der Waals surface area (Å²) in [5.41, 5.74) is 2.34. The van der Waals surface area contributed by atoms with Crippen molar-refractivity contribution in [2.45, 2.75) is 45.4 Å². The smallest absolute Gasteiger partial charge is 0.123 e. The minimum absolute atomic E-state index is 0. The Labute approximate surface area is 171 Å². The van der Waals surface area contributed by atoms with Crippen LogP contribution in [-0.4, -0.2) is 47.0 Å². The predicted octanol–water partition coefficient (Wildman–Crippen LogP) is 3.62. The minimum Gasteiger partial charge on any atom is -0.314 e. The van der Waals surface area contributed by atoms with Gasteiger partial charge in [0.1, 0.15) is 10.8 Å². The van der Waals surface area contributed by atoms with Crippen molar-refractivity contribution in [3.05, 3.63) is 51.2 Å². The molecule has 1 N–H and O–H groups in total. The summed E-state index contributed by atoms with van der Waals surface area (Å²) in [6.45, 7) is 10.3. The van der Waals surface area contributed by atoms with Crippen molar-refractivity contribution in [2.75, 3.05) is 26.2 Å². The van der Waals surface area contributed by atoms with Crippen molar-refractivity contribution >= 4 is 23.7 Å². The number of aromatic nitrogens is 1. The summed E-state index contributed by atoms with van der Waals surface area (Å²) in [6.07, 6.45) is 1.05. The standard InChI is InChI=1S/C20H27FN4S.ClH/c1-14(2)24-8-6-17-19(12-24)26-20(23-17)13-25-9-7-22-11-18(25)15-4-3-5-16(21)10-15;/h3-5,10,14,18,22H,6-9,11-13H2,1-2H3;1H. The van der Waals surface area contributed by atoms with Gasteiger partial charge >= 0.3 is 0 Å². The Balaban J connectivity index is 0.00000210. The molecule has 0 radical (unpaired) electrons. The molecule has 1 atom stereocenters. The molecule has 148 valence electrons. The largest absolute Gasteiger partial charge is 0.314 e. The highest BCUT2D eigenvalue weighted by Crippen LogP contribution is 2.30. The van der Waals surface area contributed by atoms with Crippen molar-refractivity contribution in [3.8, 4) is 0 Å². The molecule has 1 aromatic heterocycles. The lowest BCUT2D eigenvalue weighted by Crippen LogP contribution is -2.45. The molecule has 27 heavy (non-hydrogen) atoms. The van der Waals surface area contributed by atoms with Crippen LogP contribution in [0.2, 0.25) is 0 Å². The quantitative estimate of drug-likeness (QED) is 0.834. The summed E-state index contributed by atoms with van der Waals surface area (Å²) in [7, 11) is 0. The van der Waals surface area contributed by atoms with Gasteiger partial charge < -0.3 is 5.32 Å². The Morgan fingerprint density at radius 2 is 2.19 bits per heavy atom. The molecular weight excluding hydrogens is 383 g/mol. The molecular formula is C20H28ClFN4S. The van der Waals surface area contributed by atoms with E-state index in [1.165, 1.54) is 21.6 Å². The van der Waals surface area contributed by atoms with Crippen LogP contribution in [0.4, 0.5) is 4.39 Å². The van der Waals surface area contributed by atoms with E-state index in [4.69, 9.17) is 4.98 Å². The van der Waals surface area contributed by atoms with Gasteiger partial charge in [-0.1, -0.05) is 12.1 Å². The lowest BCUT2D eigenvalue weighted by Gasteiger charge is -2.36. The number of rotatable bonds is 4. The summed E-state index contributed by atoms with van der Waals surface area (Å²) in [5, 5.41) is 4.65. The van der Waals surface area contributed by atoms with E-state index in [2.05, 4.69) is 29.0 Å². The molecule has 4 rings (SSSR count). The van der Waals surface area contributed by atoms with E-state index in [0.29, 0.717) is 6.04 Å². The highest BCUT2D eigenvalue weighted by Gasteiger charge is 2.27. The molecule has 4 nitrogen and oxygen atoms in total. The number of nitrogens with zero attached hydrogens (tertiary/aromatic N) is 3. The van der Waals surface area contributed by atoms with Crippen LogP contribution in [0.15, 0.2) is 24.3 Å². The Kier molecular flexibility index (Phi) is 6.87. The molecule has 0 saturated carbocycles. The molecule has 3 heterocycles. The monoisotopic (exact) mass is 410 g/mol. The molecule has 0 amide bonds. The normalized spacial score (nSPS) is 21.1. The number of thiazole rings is 1. The molecule has 0 bridgehead atoms. The molecule has 0 aliphatic carbocycles. The maximum absolute atomic E-state index is 13.7. The van der Waals surface area contributed by atoms with Crippen LogP contribution in [0.5, 0.6) is 0 Å². The van der Waals surface area contributed by atoms with Crippen LogP contribution in [0, 0.1) is 5.82 Å². The summed E-state index contributed by atoms with van der Waals surface area (Å²) >= 11 is 1.86. The summed E-state index contributed by atoms with van der Waals surface area (Å²) < 4.78 is 13.7. The van der Waals surface area contributed by atoms with Gasteiger partial charge in [0, 0.05) is 56.1 Å². The fourth-order valence-electron chi connectivity index (χ4n) is 3.93. The van der Waals surface area contributed by atoms with Gasteiger partial charge in [-0.3, -0.25) is 9.80 Å². The molecule has 1 aromatic carbocycles. The molecule has 1 unspecified atom stereocenters. The first kappa shape index (κ1) is 20.7. The van der Waals surface area contributed by atoms with E-state index in [-0.39, 0.29) is 24.3 Å². The van der Waals surface area contributed by atoms with Crippen LogP contribution in [0.3, 0.4) is 0 Å². The van der Waals surface area contributed by atoms with Gasteiger partial charge in [-0.25, -0.2) is 9.37 Å². The second-order valence-electron chi connectivity index (χ2n) is 7.54. The summed E-state index contributed by atoms with van der Waals surface area (Å²) in [6, 6.07) is 7.80. The lowest BCUT2D eigenvalue weighted by molar-refractivity contribution is 0.153. The van der Waals surface area contributed by atoms with Crippen LogP contribution in [-0.2, 0) is 19.5 Å². The predicted molar refractivity (Wildman–Crippen MR) is 111 cm³/mol. The van der Waals surface area contributed by atoms with E-state index in [1.807, 2.05) is 17.4 Å². The number of halogens is 2. The zero-order valence-electron chi connectivity index (χ0n) is 15.9. The maximum Gasteiger partial charge on any atom is 0.123 e. The van der Waals surface area contributed by atoms with Crippen molar-refractivity contribution in [1.82, 2.24) is 20.1 Å². The van der Waals surface area contributed by atoms with Crippen molar-refractivity contribution in [2.24, 2.45) is 0 Å². The van der Waals surface area contributed by atoms with Crippen LogP contribution in [0.1, 0.15) is 41.0 Å². The lowest BCUT2D eigenvalue weighted by atomic mass is 10.0. The van der Waals surface area contributed by atoms with Crippen molar-refractivity contribution in [3.63, 3.8) is 0 Å². The minimum atomic E-state index is -0.161. The van der Waals surface area contributed by atoms with E-state index < -0.39 is 0 Å². The molecule has 1 saturated heterocycles. The van der Waals surface area contributed by atoms with Gasteiger partial charge in [-0.15, -0.1) is 23.7 Å². The number of piperazine rings is 1. The topological polar surface area (TPSA) is 31.4 Å². The maximum atomic E-state index is 13.7. The van der Waals surface area contributed by atoms with Gasteiger partial charge in [-0.05, 0) is 31.5 Å². The Morgan fingerprint density at radius 3 is 2.96 bits per heavy atom. The first-order chi connectivity index (χ1) is 12.6. The summed E-state index contributed by atoms with van der Waals surface area (Å²) in [5.74, 6) is -0.161.